The Bertz CT molecular complexity index is 706. The highest BCUT2D eigenvalue weighted by Gasteiger charge is 2.25. The molecule has 1 aliphatic rings. The van der Waals surface area contributed by atoms with Crippen molar-refractivity contribution in [2.75, 3.05) is 13.2 Å². The average Bonchev–Trinajstić information content (AvgIpc) is 2.37. The smallest absolute Gasteiger partial charge is 0.238 e. The maximum Gasteiger partial charge on any atom is 0.238 e. The van der Waals surface area contributed by atoms with Gasteiger partial charge in [-0.25, -0.2) is 27.1 Å². The first-order valence-electron chi connectivity index (χ1n) is 5.97. The zero-order valence-corrected chi connectivity index (χ0v) is 12.3. The number of rotatable bonds is 3. The van der Waals surface area contributed by atoms with Crippen LogP contribution in [0.1, 0.15) is 24.3 Å². The maximum absolute atomic E-state index is 11.6. The number of primary sulfonamides is 2. The Labute approximate surface area is 118 Å². The fourth-order valence-corrected chi connectivity index (χ4v) is 3.65. The number of hydrogen-bond acceptors (Lipinski definition) is 5. The highest BCUT2D eigenvalue weighted by Crippen LogP contribution is 2.32. The van der Waals surface area contributed by atoms with Crippen molar-refractivity contribution in [3.63, 3.8) is 0 Å². The molecule has 0 bridgehead atoms. The second kappa shape index (κ2) is 5.41. The maximum atomic E-state index is 11.6. The Morgan fingerprint density at radius 1 is 1.00 bits per heavy atom. The van der Waals surface area contributed by atoms with Crippen molar-refractivity contribution in [2.24, 2.45) is 10.3 Å². The lowest BCUT2D eigenvalue weighted by Gasteiger charge is -2.24. The van der Waals surface area contributed by atoms with Crippen molar-refractivity contribution in [1.29, 1.82) is 0 Å². The zero-order valence-electron chi connectivity index (χ0n) is 10.7. The van der Waals surface area contributed by atoms with Crippen LogP contribution in [0.4, 0.5) is 0 Å². The number of ether oxygens (including phenoxy) is 1. The molecule has 0 radical (unpaired) electrons. The highest BCUT2D eigenvalue weighted by atomic mass is 32.2. The molecule has 0 spiro atoms. The molecule has 1 aliphatic heterocycles. The van der Waals surface area contributed by atoms with E-state index in [9.17, 15) is 16.8 Å². The molecule has 4 N–H and O–H groups in total. The molecular formula is C11H16N2O5S2. The first-order chi connectivity index (χ1) is 9.19. The van der Waals surface area contributed by atoms with Crippen LogP contribution in [0.2, 0.25) is 0 Å². The first-order valence-corrected chi connectivity index (χ1v) is 9.06. The van der Waals surface area contributed by atoms with Crippen molar-refractivity contribution in [3.8, 4) is 0 Å². The summed E-state index contributed by atoms with van der Waals surface area (Å²) in [6, 6.07) is 3.64. The van der Waals surface area contributed by atoms with Gasteiger partial charge in [0.05, 0.1) is 9.79 Å². The monoisotopic (exact) mass is 320 g/mol. The molecule has 9 heteroatoms. The van der Waals surface area contributed by atoms with Crippen LogP contribution in [0, 0.1) is 0 Å². The van der Waals surface area contributed by atoms with Crippen LogP contribution >= 0.6 is 0 Å². The van der Waals surface area contributed by atoms with Gasteiger partial charge in [0, 0.05) is 13.2 Å². The molecule has 0 saturated carbocycles. The second-order valence-corrected chi connectivity index (χ2v) is 7.77. The molecule has 1 heterocycles. The van der Waals surface area contributed by atoms with Gasteiger partial charge in [0.25, 0.3) is 0 Å². The second-order valence-electron chi connectivity index (χ2n) is 4.68. The lowest BCUT2D eigenvalue weighted by atomic mass is 9.92. The predicted octanol–water partition coefficient (Wildman–Crippen LogP) is -0.125. The van der Waals surface area contributed by atoms with E-state index in [0.717, 1.165) is 6.07 Å². The lowest BCUT2D eigenvalue weighted by Crippen LogP contribution is -2.21. The van der Waals surface area contributed by atoms with Crippen LogP contribution < -0.4 is 10.3 Å². The predicted molar refractivity (Wildman–Crippen MR) is 72.0 cm³/mol. The Balaban J connectivity index is 2.59. The van der Waals surface area contributed by atoms with Gasteiger partial charge in [0.1, 0.15) is 0 Å². The number of sulfonamides is 2. The van der Waals surface area contributed by atoms with Crippen molar-refractivity contribution in [2.45, 2.75) is 28.6 Å². The average molecular weight is 320 g/mol. The Morgan fingerprint density at radius 2 is 1.60 bits per heavy atom. The molecule has 0 atom stereocenters. The molecule has 1 aromatic rings. The molecule has 0 amide bonds. The summed E-state index contributed by atoms with van der Waals surface area (Å²) < 4.78 is 51.3. The molecule has 0 unspecified atom stereocenters. The largest absolute Gasteiger partial charge is 0.381 e. The summed E-state index contributed by atoms with van der Waals surface area (Å²) in [4.78, 5) is -0.178. The van der Waals surface area contributed by atoms with Gasteiger partial charge in [-0.15, -0.1) is 0 Å². The third kappa shape index (κ3) is 3.36. The molecule has 7 nitrogen and oxygen atoms in total. The van der Waals surface area contributed by atoms with Gasteiger partial charge in [-0.2, -0.15) is 0 Å². The quantitative estimate of drug-likeness (QED) is 0.801. The number of nitrogens with two attached hydrogens (primary N) is 2. The fraction of sp³-hybridized carbons (Fsp3) is 0.455. The van der Waals surface area contributed by atoms with Gasteiger partial charge >= 0.3 is 0 Å². The first kappa shape index (κ1) is 15.4. The summed E-state index contributed by atoms with van der Waals surface area (Å²) in [5.74, 6) is -0.112. The summed E-state index contributed by atoms with van der Waals surface area (Å²) in [7, 11) is -7.81. The molecule has 112 valence electrons. The van der Waals surface area contributed by atoms with Gasteiger partial charge < -0.3 is 4.74 Å². The summed E-state index contributed by atoms with van der Waals surface area (Å²) in [6.45, 7) is 0.989. The van der Waals surface area contributed by atoms with Crippen molar-refractivity contribution < 1.29 is 21.6 Å². The van der Waals surface area contributed by atoms with E-state index in [0.29, 0.717) is 31.6 Å². The summed E-state index contributed by atoms with van der Waals surface area (Å²) in [5.41, 5.74) is 0.391. The van der Waals surface area contributed by atoms with Crippen molar-refractivity contribution >= 4 is 20.0 Å². The van der Waals surface area contributed by atoms with E-state index in [4.69, 9.17) is 15.0 Å². The van der Waals surface area contributed by atoms with Gasteiger partial charge in [-0.05, 0) is 42.5 Å². The minimum Gasteiger partial charge on any atom is -0.381 e. The Kier molecular flexibility index (Phi) is 4.17. The van der Waals surface area contributed by atoms with Crippen LogP contribution in [-0.4, -0.2) is 30.0 Å². The van der Waals surface area contributed by atoms with E-state index in [2.05, 4.69) is 0 Å². The molecular weight excluding hydrogens is 304 g/mol. The van der Waals surface area contributed by atoms with Gasteiger partial charge in [0.15, 0.2) is 0 Å². The van der Waals surface area contributed by atoms with E-state index < -0.39 is 20.0 Å². The van der Waals surface area contributed by atoms with Crippen LogP contribution in [0.15, 0.2) is 28.0 Å². The minimum atomic E-state index is -3.92. The number of benzene rings is 1. The zero-order chi connectivity index (χ0) is 15.0. The third-order valence-corrected chi connectivity index (χ3v) is 5.17. The normalized spacial score (nSPS) is 18.1. The van der Waals surface area contributed by atoms with E-state index in [-0.39, 0.29) is 15.7 Å². The van der Waals surface area contributed by atoms with Gasteiger partial charge in [-0.3, -0.25) is 0 Å². The topological polar surface area (TPSA) is 130 Å². The summed E-state index contributed by atoms with van der Waals surface area (Å²) in [5, 5.41) is 10.3. The van der Waals surface area contributed by atoms with Crippen LogP contribution in [-0.2, 0) is 24.8 Å². The van der Waals surface area contributed by atoms with Crippen LogP contribution in [0.5, 0.6) is 0 Å². The molecule has 0 aliphatic carbocycles. The molecule has 1 aromatic carbocycles. The molecule has 20 heavy (non-hydrogen) atoms. The minimum absolute atomic E-state index is 0.0585. The summed E-state index contributed by atoms with van der Waals surface area (Å²) >= 11 is 0. The molecule has 1 saturated heterocycles. The number of hydrogen-bond donors (Lipinski definition) is 2. The van der Waals surface area contributed by atoms with E-state index in [1.807, 2.05) is 0 Å². The molecule has 2 rings (SSSR count). The highest BCUT2D eigenvalue weighted by molar-refractivity contribution is 7.89. The van der Waals surface area contributed by atoms with Gasteiger partial charge in [-0.1, -0.05) is 0 Å². The Hall–Kier alpha value is -1.00. The lowest BCUT2D eigenvalue weighted by molar-refractivity contribution is 0.0847. The SMILES string of the molecule is NS(=O)(=O)c1ccc(S(N)(=O)=O)c(C2CCOCC2)c1. The van der Waals surface area contributed by atoms with E-state index in [1.54, 1.807) is 0 Å². The summed E-state index contributed by atoms with van der Waals surface area (Å²) in [6.07, 6.45) is 1.22. The van der Waals surface area contributed by atoms with E-state index in [1.165, 1.54) is 12.1 Å². The standard InChI is InChI=1S/C11H16N2O5S2/c12-19(14,15)9-1-2-11(20(13,16)17)10(7-9)8-3-5-18-6-4-8/h1-2,7-8H,3-6H2,(H2,12,14,15)(H2,13,16,17). The van der Waals surface area contributed by atoms with Crippen molar-refractivity contribution in [3.05, 3.63) is 23.8 Å². The third-order valence-electron chi connectivity index (χ3n) is 3.28. The van der Waals surface area contributed by atoms with E-state index >= 15 is 0 Å². The molecule has 0 aromatic heterocycles. The molecule has 1 fully saturated rings. The Morgan fingerprint density at radius 3 is 2.10 bits per heavy atom. The van der Waals surface area contributed by atoms with Crippen molar-refractivity contribution in [1.82, 2.24) is 0 Å². The van der Waals surface area contributed by atoms with Crippen LogP contribution in [0.25, 0.3) is 0 Å². The van der Waals surface area contributed by atoms with Crippen LogP contribution in [0.3, 0.4) is 0 Å². The fourth-order valence-electron chi connectivity index (χ4n) is 2.29. The van der Waals surface area contributed by atoms with Gasteiger partial charge in [0.2, 0.25) is 20.0 Å².